The summed E-state index contributed by atoms with van der Waals surface area (Å²) in [5.74, 6) is 0.483. The highest BCUT2D eigenvalue weighted by Gasteiger charge is 2.00. The highest BCUT2D eigenvalue weighted by molar-refractivity contribution is 4.84. The van der Waals surface area contributed by atoms with Crippen molar-refractivity contribution < 1.29 is 4.52 Å². The minimum absolute atomic E-state index is 0.181. The zero-order valence-corrected chi connectivity index (χ0v) is 6.10. The van der Waals surface area contributed by atoms with Crippen LogP contribution < -0.4 is 5.69 Å². The molecule has 0 unspecified atom stereocenters. The summed E-state index contributed by atoms with van der Waals surface area (Å²) < 4.78 is 5.97. The molecule has 2 aromatic rings. The number of H-pyrrole nitrogens is 1. The average molecular weight is 166 g/mol. The Labute approximate surface area is 66.8 Å². The monoisotopic (exact) mass is 166 g/mol. The van der Waals surface area contributed by atoms with Crippen LogP contribution in [0.3, 0.4) is 0 Å². The minimum Gasteiger partial charge on any atom is -0.343 e. The molecule has 0 aromatic carbocycles. The largest absolute Gasteiger partial charge is 0.343 e. The standard InChI is InChI=1S/C6H6N4O2/c11-6-7-1-2-10(6)3-5-8-4-12-9-5/h1-2,4H,3H2,(H,7,11). The van der Waals surface area contributed by atoms with Gasteiger partial charge in [0.05, 0.1) is 6.54 Å². The van der Waals surface area contributed by atoms with Crippen LogP contribution in [-0.2, 0) is 6.54 Å². The molecule has 0 saturated carbocycles. The second-order valence-electron chi connectivity index (χ2n) is 2.24. The van der Waals surface area contributed by atoms with E-state index in [2.05, 4.69) is 19.6 Å². The van der Waals surface area contributed by atoms with Crippen molar-refractivity contribution in [2.75, 3.05) is 0 Å². The van der Waals surface area contributed by atoms with Gasteiger partial charge in [0.2, 0.25) is 6.39 Å². The second kappa shape index (κ2) is 2.65. The van der Waals surface area contributed by atoms with E-state index in [-0.39, 0.29) is 5.69 Å². The summed E-state index contributed by atoms with van der Waals surface area (Å²) in [4.78, 5) is 17.2. The van der Waals surface area contributed by atoms with E-state index in [1.54, 1.807) is 12.4 Å². The Morgan fingerprint density at radius 2 is 2.58 bits per heavy atom. The highest BCUT2D eigenvalue weighted by atomic mass is 16.5. The fourth-order valence-electron chi connectivity index (χ4n) is 0.888. The number of rotatable bonds is 2. The third-order valence-electron chi connectivity index (χ3n) is 1.44. The van der Waals surface area contributed by atoms with Gasteiger partial charge in [-0.2, -0.15) is 4.98 Å². The van der Waals surface area contributed by atoms with Gasteiger partial charge in [-0.1, -0.05) is 5.16 Å². The zero-order chi connectivity index (χ0) is 8.39. The van der Waals surface area contributed by atoms with Gasteiger partial charge in [0.25, 0.3) is 0 Å². The SMILES string of the molecule is O=c1[nH]ccn1Cc1ncon1. The third-order valence-corrected chi connectivity index (χ3v) is 1.44. The van der Waals surface area contributed by atoms with Crippen molar-refractivity contribution in [3.63, 3.8) is 0 Å². The molecule has 0 saturated heterocycles. The lowest BCUT2D eigenvalue weighted by Gasteiger charge is -1.92. The molecule has 0 aliphatic rings. The van der Waals surface area contributed by atoms with Gasteiger partial charge >= 0.3 is 5.69 Å². The number of imidazole rings is 1. The van der Waals surface area contributed by atoms with Gasteiger partial charge in [-0.05, 0) is 0 Å². The first kappa shape index (κ1) is 6.84. The summed E-state index contributed by atoms with van der Waals surface area (Å²) in [6.45, 7) is 0.332. The molecule has 0 fully saturated rings. The second-order valence-corrected chi connectivity index (χ2v) is 2.24. The minimum atomic E-state index is -0.181. The van der Waals surface area contributed by atoms with Crippen LogP contribution in [0.2, 0.25) is 0 Å². The molecule has 6 nitrogen and oxygen atoms in total. The number of nitrogens with zero attached hydrogens (tertiary/aromatic N) is 3. The van der Waals surface area contributed by atoms with Crippen LogP contribution in [0, 0.1) is 0 Å². The topological polar surface area (TPSA) is 76.7 Å². The molecule has 0 atom stereocenters. The summed E-state index contributed by atoms with van der Waals surface area (Å²) in [6, 6.07) is 0. The van der Waals surface area contributed by atoms with Crippen LogP contribution in [0.4, 0.5) is 0 Å². The molecule has 62 valence electrons. The Hall–Kier alpha value is -1.85. The van der Waals surface area contributed by atoms with Crippen LogP contribution in [0.1, 0.15) is 5.82 Å². The van der Waals surface area contributed by atoms with E-state index in [1.165, 1.54) is 11.0 Å². The van der Waals surface area contributed by atoms with Gasteiger partial charge in [0.15, 0.2) is 5.82 Å². The zero-order valence-electron chi connectivity index (χ0n) is 6.10. The number of hydrogen-bond donors (Lipinski definition) is 1. The molecule has 12 heavy (non-hydrogen) atoms. The smallest absolute Gasteiger partial charge is 0.325 e. The molecule has 2 heterocycles. The van der Waals surface area contributed by atoms with Gasteiger partial charge in [-0.25, -0.2) is 4.79 Å². The van der Waals surface area contributed by atoms with Crippen molar-refractivity contribution in [1.29, 1.82) is 0 Å². The van der Waals surface area contributed by atoms with E-state index < -0.39 is 0 Å². The van der Waals surface area contributed by atoms with Gasteiger partial charge < -0.3 is 9.51 Å². The summed E-state index contributed by atoms with van der Waals surface area (Å²) in [5.41, 5.74) is -0.181. The lowest BCUT2D eigenvalue weighted by atomic mass is 10.6. The number of aromatic amines is 1. The van der Waals surface area contributed by atoms with Gasteiger partial charge in [-0.3, -0.25) is 4.57 Å². The van der Waals surface area contributed by atoms with E-state index in [4.69, 9.17) is 0 Å². The third kappa shape index (κ3) is 1.14. The van der Waals surface area contributed by atoms with Gasteiger partial charge in [-0.15, -0.1) is 0 Å². The molecular formula is C6H6N4O2. The Bertz CT molecular complexity index is 399. The summed E-state index contributed by atoms with van der Waals surface area (Å²) in [5, 5.41) is 3.57. The normalized spacial score (nSPS) is 10.3. The van der Waals surface area contributed by atoms with Crippen LogP contribution in [0.25, 0.3) is 0 Å². The van der Waals surface area contributed by atoms with Crippen molar-refractivity contribution >= 4 is 0 Å². The molecule has 0 aliphatic carbocycles. The first-order valence-corrected chi connectivity index (χ1v) is 3.35. The van der Waals surface area contributed by atoms with Crippen LogP contribution >= 0.6 is 0 Å². The van der Waals surface area contributed by atoms with E-state index in [0.29, 0.717) is 12.4 Å². The van der Waals surface area contributed by atoms with E-state index in [9.17, 15) is 4.79 Å². The molecule has 0 spiro atoms. The van der Waals surface area contributed by atoms with E-state index in [1.807, 2.05) is 0 Å². The maximum Gasteiger partial charge on any atom is 0.325 e. The fraction of sp³-hybridized carbons (Fsp3) is 0.167. The highest BCUT2D eigenvalue weighted by Crippen LogP contribution is 1.90. The van der Waals surface area contributed by atoms with E-state index in [0.717, 1.165) is 0 Å². The summed E-state index contributed by atoms with van der Waals surface area (Å²) in [7, 11) is 0. The predicted molar refractivity (Wildman–Crippen MR) is 38.5 cm³/mol. The van der Waals surface area contributed by atoms with Crippen molar-refractivity contribution in [2.24, 2.45) is 0 Å². The summed E-state index contributed by atoms with van der Waals surface area (Å²) >= 11 is 0. The first-order valence-electron chi connectivity index (χ1n) is 3.35. The lowest BCUT2D eigenvalue weighted by molar-refractivity contribution is 0.408. The van der Waals surface area contributed by atoms with Crippen LogP contribution in [-0.4, -0.2) is 19.7 Å². The van der Waals surface area contributed by atoms with Crippen molar-refractivity contribution in [3.05, 3.63) is 35.1 Å². The van der Waals surface area contributed by atoms with Crippen molar-refractivity contribution in [3.8, 4) is 0 Å². The molecular weight excluding hydrogens is 160 g/mol. The number of nitrogens with one attached hydrogen (secondary N) is 1. The van der Waals surface area contributed by atoms with Gasteiger partial charge in [0, 0.05) is 12.4 Å². The van der Waals surface area contributed by atoms with Crippen LogP contribution in [0.15, 0.2) is 28.1 Å². The Kier molecular flexibility index (Phi) is 1.51. The van der Waals surface area contributed by atoms with Crippen molar-refractivity contribution in [2.45, 2.75) is 6.54 Å². The average Bonchev–Trinajstić information content (AvgIpc) is 2.65. The number of hydrogen-bond acceptors (Lipinski definition) is 4. The Morgan fingerprint density at radius 1 is 1.67 bits per heavy atom. The maximum atomic E-state index is 11.0. The lowest BCUT2D eigenvalue weighted by Crippen LogP contribution is -2.17. The molecule has 6 heteroatoms. The van der Waals surface area contributed by atoms with Crippen molar-refractivity contribution in [1.82, 2.24) is 19.7 Å². The molecule has 0 bridgehead atoms. The molecule has 0 amide bonds. The predicted octanol–water partition coefficient (Wildman–Crippen LogP) is -0.392. The Balaban J connectivity index is 2.25. The quantitative estimate of drug-likeness (QED) is 0.659. The molecule has 2 aromatic heterocycles. The van der Waals surface area contributed by atoms with E-state index >= 15 is 0 Å². The van der Waals surface area contributed by atoms with Gasteiger partial charge in [0.1, 0.15) is 0 Å². The number of aromatic nitrogens is 4. The van der Waals surface area contributed by atoms with Crippen LogP contribution in [0.5, 0.6) is 0 Å². The molecule has 1 N–H and O–H groups in total. The maximum absolute atomic E-state index is 11.0. The summed E-state index contributed by atoms with van der Waals surface area (Å²) in [6.07, 6.45) is 4.41. The molecule has 0 radical (unpaired) electrons. The molecule has 0 aliphatic heterocycles. The fourth-order valence-corrected chi connectivity index (χ4v) is 0.888. The Morgan fingerprint density at radius 3 is 3.17 bits per heavy atom. The first-order chi connectivity index (χ1) is 5.86. The molecule has 2 rings (SSSR count).